The van der Waals surface area contributed by atoms with Gasteiger partial charge in [-0.15, -0.1) is 0 Å². The molecule has 2 amide bonds. The van der Waals surface area contributed by atoms with E-state index >= 15 is 0 Å². The lowest BCUT2D eigenvalue weighted by atomic mass is 10.1. The molecule has 0 saturated heterocycles. The molecule has 26 heavy (non-hydrogen) atoms. The molecule has 7 heteroatoms. The van der Waals surface area contributed by atoms with Crippen molar-refractivity contribution in [1.29, 1.82) is 0 Å². The third-order valence-electron chi connectivity index (χ3n) is 3.84. The van der Waals surface area contributed by atoms with Crippen LogP contribution in [0.15, 0.2) is 48.2 Å². The molecule has 0 fully saturated rings. The summed E-state index contributed by atoms with van der Waals surface area (Å²) in [4.78, 5) is 25.5. The van der Waals surface area contributed by atoms with Gasteiger partial charge in [0, 0.05) is 6.07 Å². The summed E-state index contributed by atoms with van der Waals surface area (Å²) in [5.74, 6) is -4.28. The van der Waals surface area contributed by atoms with Crippen molar-refractivity contribution in [2.75, 3.05) is 11.5 Å². The summed E-state index contributed by atoms with van der Waals surface area (Å²) in [5, 5.41) is 10.1. The van der Waals surface area contributed by atoms with E-state index < -0.39 is 29.2 Å². The summed E-state index contributed by atoms with van der Waals surface area (Å²) >= 11 is 0. The number of imide groups is 1. The number of carbonyl (C=O) groups excluding carboxylic acids is 2. The molecule has 5 nitrogen and oxygen atoms in total. The number of halogens is 2. The first-order valence-electron chi connectivity index (χ1n) is 7.94. The van der Waals surface area contributed by atoms with Crippen LogP contribution >= 0.6 is 0 Å². The van der Waals surface area contributed by atoms with Crippen molar-refractivity contribution < 1.29 is 28.2 Å². The Bertz CT molecular complexity index is 906. The van der Waals surface area contributed by atoms with Gasteiger partial charge in [-0.2, -0.15) is 0 Å². The van der Waals surface area contributed by atoms with E-state index in [0.29, 0.717) is 22.8 Å². The highest BCUT2D eigenvalue weighted by atomic mass is 19.2. The molecule has 1 aliphatic heterocycles. The molecule has 2 aromatic carbocycles. The van der Waals surface area contributed by atoms with Crippen LogP contribution in [0.4, 0.5) is 14.5 Å². The predicted molar refractivity (Wildman–Crippen MR) is 90.6 cm³/mol. The van der Waals surface area contributed by atoms with Crippen molar-refractivity contribution in [1.82, 2.24) is 0 Å². The average molecular weight is 359 g/mol. The number of ether oxygens (including phenoxy) is 1. The standard InChI is InChI=1S/C19H15F2NO4/c1-2-9-26-13-6-3-11(4-7-13)16-17(23)19(25)22(18(16)24)12-5-8-14(20)15(21)10-12/h3-8,10,23H,2,9H2,1H3. The Morgan fingerprint density at radius 3 is 2.31 bits per heavy atom. The fraction of sp³-hybridized carbons (Fsp3) is 0.158. The minimum Gasteiger partial charge on any atom is -0.502 e. The minimum absolute atomic E-state index is 0.164. The minimum atomic E-state index is -1.20. The molecular formula is C19H15F2NO4. The van der Waals surface area contributed by atoms with E-state index in [1.807, 2.05) is 6.92 Å². The Labute approximate surface area is 148 Å². The highest BCUT2D eigenvalue weighted by Crippen LogP contribution is 2.33. The van der Waals surface area contributed by atoms with Crippen molar-refractivity contribution in [3.8, 4) is 5.75 Å². The zero-order chi connectivity index (χ0) is 18.8. The third-order valence-corrected chi connectivity index (χ3v) is 3.84. The molecule has 1 N–H and O–H groups in total. The largest absolute Gasteiger partial charge is 0.502 e. The lowest BCUT2D eigenvalue weighted by molar-refractivity contribution is -0.121. The summed E-state index contributed by atoms with van der Waals surface area (Å²) in [7, 11) is 0. The van der Waals surface area contributed by atoms with E-state index in [1.54, 1.807) is 12.1 Å². The molecule has 2 aromatic rings. The van der Waals surface area contributed by atoms with Gasteiger partial charge in [0.25, 0.3) is 5.91 Å². The number of nitrogens with zero attached hydrogens (tertiary/aromatic N) is 1. The van der Waals surface area contributed by atoms with Crippen molar-refractivity contribution in [2.24, 2.45) is 0 Å². The first-order valence-corrected chi connectivity index (χ1v) is 7.94. The Balaban J connectivity index is 1.92. The number of hydrogen-bond donors (Lipinski definition) is 1. The summed E-state index contributed by atoms with van der Waals surface area (Å²) in [6, 6.07) is 8.93. The fourth-order valence-electron chi connectivity index (χ4n) is 2.57. The second-order valence-corrected chi connectivity index (χ2v) is 5.64. The maximum atomic E-state index is 13.4. The van der Waals surface area contributed by atoms with Crippen LogP contribution in [0.1, 0.15) is 18.9 Å². The molecule has 1 heterocycles. The Morgan fingerprint density at radius 2 is 1.69 bits per heavy atom. The van der Waals surface area contributed by atoms with Gasteiger partial charge in [0.15, 0.2) is 17.4 Å². The molecule has 0 bridgehead atoms. The zero-order valence-corrected chi connectivity index (χ0v) is 13.8. The van der Waals surface area contributed by atoms with Crippen LogP contribution in [-0.4, -0.2) is 23.5 Å². The summed E-state index contributed by atoms with van der Waals surface area (Å²) in [6.07, 6.45) is 0.837. The fourth-order valence-corrected chi connectivity index (χ4v) is 2.57. The number of carbonyl (C=O) groups is 2. The molecule has 0 atom stereocenters. The van der Waals surface area contributed by atoms with Crippen LogP contribution < -0.4 is 9.64 Å². The topological polar surface area (TPSA) is 66.8 Å². The molecule has 0 aromatic heterocycles. The number of hydrogen-bond acceptors (Lipinski definition) is 4. The molecule has 134 valence electrons. The molecule has 0 radical (unpaired) electrons. The molecule has 3 rings (SSSR count). The number of amides is 2. The van der Waals surface area contributed by atoms with Gasteiger partial charge in [-0.1, -0.05) is 19.1 Å². The van der Waals surface area contributed by atoms with Gasteiger partial charge < -0.3 is 9.84 Å². The van der Waals surface area contributed by atoms with Crippen LogP contribution in [0.25, 0.3) is 5.57 Å². The Morgan fingerprint density at radius 1 is 1.00 bits per heavy atom. The Hall–Kier alpha value is -3.22. The van der Waals surface area contributed by atoms with E-state index in [-0.39, 0.29) is 11.3 Å². The van der Waals surface area contributed by atoms with Gasteiger partial charge in [0.1, 0.15) is 5.75 Å². The average Bonchev–Trinajstić information content (AvgIpc) is 2.85. The van der Waals surface area contributed by atoms with Crippen molar-refractivity contribution in [3.05, 3.63) is 65.4 Å². The number of aliphatic hydroxyl groups is 1. The smallest absolute Gasteiger partial charge is 0.301 e. The number of benzene rings is 2. The number of anilines is 1. The van der Waals surface area contributed by atoms with E-state index in [1.165, 1.54) is 12.1 Å². The van der Waals surface area contributed by atoms with Gasteiger partial charge in [-0.05, 0) is 36.2 Å². The van der Waals surface area contributed by atoms with E-state index in [4.69, 9.17) is 4.74 Å². The molecule has 0 unspecified atom stereocenters. The second kappa shape index (κ2) is 6.95. The van der Waals surface area contributed by atoms with Crippen LogP contribution in [-0.2, 0) is 9.59 Å². The van der Waals surface area contributed by atoms with Gasteiger partial charge in [0.2, 0.25) is 0 Å². The van der Waals surface area contributed by atoms with Crippen LogP contribution in [0.5, 0.6) is 5.75 Å². The highest BCUT2D eigenvalue weighted by molar-refractivity contribution is 6.44. The highest BCUT2D eigenvalue weighted by Gasteiger charge is 2.40. The SMILES string of the molecule is CCCOc1ccc(C2=C(O)C(=O)N(c3ccc(F)c(F)c3)C2=O)cc1. The summed E-state index contributed by atoms with van der Waals surface area (Å²) in [5.41, 5.74) is -0.0556. The van der Waals surface area contributed by atoms with Crippen LogP contribution in [0.3, 0.4) is 0 Å². The van der Waals surface area contributed by atoms with Gasteiger partial charge in [0.05, 0.1) is 17.9 Å². The van der Waals surface area contributed by atoms with E-state index in [9.17, 15) is 23.5 Å². The molecule has 0 spiro atoms. The monoisotopic (exact) mass is 359 g/mol. The summed E-state index contributed by atoms with van der Waals surface area (Å²) < 4.78 is 32.0. The molecule has 1 aliphatic rings. The zero-order valence-electron chi connectivity index (χ0n) is 13.8. The lowest BCUT2D eigenvalue weighted by Gasteiger charge is -2.14. The van der Waals surface area contributed by atoms with Crippen molar-refractivity contribution >= 4 is 23.1 Å². The number of rotatable bonds is 5. The quantitative estimate of drug-likeness (QED) is 0.829. The van der Waals surface area contributed by atoms with E-state index in [0.717, 1.165) is 24.6 Å². The third kappa shape index (κ3) is 3.03. The van der Waals surface area contributed by atoms with Crippen LogP contribution in [0, 0.1) is 11.6 Å². The van der Waals surface area contributed by atoms with E-state index in [2.05, 4.69) is 0 Å². The predicted octanol–water partition coefficient (Wildman–Crippen LogP) is 3.60. The number of aliphatic hydroxyl groups excluding tert-OH is 1. The van der Waals surface area contributed by atoms with Crippen molar-refractivity contribution in [3.63, 3.8) is 0 Å². The van der Waals surface area contributed by atoms with Gasteiger partial charge in [-0.3, -0.25) is 9.59 Å². The first-order chi connectivity index (χ1) is 12.4. The summed E-state index contributed by atoms with van der Waals surface area (Å²) in [6.45, 7) is 2.50. The van der Waals surface area contributed by atoms with Crippen LogP contribution in [0.2, 0.25) is 0 Å². The molecular weight excluding hydrogens is 344 g/mol. The first kappa shape index (κ1) is 17.6. The maximum Gasteiger partial charge on any atom is 0.301 e. The lowest BCUT2D eigenvalue weighted by Crippen LogP contribution is -2.31. The Kier molecular flexibility index (Phi) is 4.71. The molecule has 0 saturated carbocycles. The van der Waals surface area contributed by atoms with Crippen molar-refractivity contribution in [2.45, 2.75) is 13.3 Å². The molecule has 0 aliphatic carbocycles. The van der Waals surface area contributed by atoms with Gasteiger partial charge in [-0.25, -0.2) is 13.7 Å². The van der Waals surface area contributed by atoms with Gasteiger partial charge >= 0.3 is 5.91 Å². The normalized spacial score (nSPS) is 14.3. The maximum absolute atomic E-state index is 13.4. The second-order valence-electron chi connectivity index (χ2n) is 5.64.